The monoisotopic (exact) mass is 377 g/mol. The summed E-state index contributed by atoms with van der Waals surface area (Å²) in [5.41, 5.74) is 1.75. The van der Waals surface area contributed by atoms with E-state index in [2.05, 4.69) is 14.7 Å². The van der Waals surface area contributed by atoms with Gasteiger partial charge in [-0.25, -0.2) is 18.1 Å². The van der Waals surface area contributed by atoms with Crippen LogP contribution in [0.3, 0.4) is 0 Å². The van der Waals surface area contributed by atoms with Crippen LogP contribution in [-0.2, 0) is 27.7 Å². The van der Waals surface area contributed by atoms with Crippen molar-refractivity contribution in [3.63, 3.8) is 0 Å². The third kappa shape index (κ3) is 4.50. The molecular weight excluding hydrogens is 354 g/mol. The predicted octanol–water partition coefficient (Wildman–Crippen LogP) is 2.12. The number of aliphatic carboxylic acids is 1. The zero-order valence-corrected chi connectivity index (χ0v) is 15.3. The minimum Gasteiger partial charge on any atom is -0.481 e. The van der Waals surface area contributed by atoms with E-state index in [0.717, 1.165) is 43.2 Å². The van der Waals surface area contributed by atoms with Gasteiger partial charge in [0, 0.05) is 12.7 Å². The number of imidazole rings is 1. The summed E-state index contributed by atoms with van der Waals surface area (Å²) in [6.07, 6.45) is 7.59. The van der Waals surface area contributed by atoms with Crippen LogP contribution < -0.4 is 4.72 Å². The molecule has 1 aliphatic carbocycles. The van der Waals surface area contributed by atoms with Gasteiger partial charge in [-0.2, -0.15) is 0 Å². The van der Waals surface area contributed by atoms with Crippen LogP contribution in [0, 0.1) is 5.41 Å². The summed E-state index contributed by atoms with van der Waals surface area (Å²) >= 11 is 0. The van der Waals surface area contributed by atoms with Gasteiger partial charge in [-0.15, -0.1) is 0 Å². The van der Waals surface area contributed by atoms with E-state index in [1.807, 2.05) is 24.3 Å². The minimum atomic E-state index is -3.61. The predicted molar refractivity (Wildman–Crippen MR) is 96.2 cm³/mol. The van der Waals surface area contributed by atoms with Gasteiger partial charge in [-0.05, 0) is 35.8 Å². The van der Waals surface area contributed by atoms with E-state index in [4.69, 9.17) is 5.11 Å². The Morgan fingerprint density at radius 3 is 2.42 bits per heavy atom. The number of hydrogen-bond donors (Lipinski definition) is 3. The summed E-state index contributed by atoms with van der Waals surface area (Å²) < 4.78 is 27.4. The second-order valence-electron chi connectivity index (χ2n) is 7.00. The molecule has 1 heterocycles. The smallest absolute Gasteiger partial charge is 0.307 e. The van der Waals surface area contributed by atoms with E-state index in [1.54, 1.807) is 0 Å². The van der Waals surface area contributed by atoms with Crippen molar-refractivity contribution >= 4 is 16.0 Å². The maximum Gasteiger partial charge on any atom is 0.307 e. The van der Waals surface area contributed by atoms with Crippen molar-refractivity contribution in [2.75, 3.05) is 6.54 Å². The standard InChI is InChI=1S/C18H23N3O4S/c22-17(23)9-14-3-5-15(6-4-14)10-18(7-1-2-8-18)12-21-26(24,25)16-11-19-13-20-16/h3-6,11,13,21H,1-2,7-10,12H2,(H,19,20)(H,22,23). The zero-order chi connectivity index (χ0) is 18.6. The van der Waals surface area contributed by atoms with Gasteiger partial charge in [0.1, 0.15) is 0 Å². The fourth-order valence-electron chi connectivity index (χ4n) is 3.64. The molecule has 3 N–H and O–H groups in total. The van der Waals surface area contributed by atoms with Gasteiger partial charge >= 0.3 is 5.97 Å². The first-order valence-electron chi connectivity index (χ1n) is 8.67. The maximum atomic E-state index is 12.3. The first-order chi connectivity index (χ1) is 12.4. The number of H-pyrrole nitrogens is 1. The highest BCUT2D eigenvalue weighted by atomic mass is 32.2. The van der Waals surface area contributed by atoms with E-state index in [9.17, 15) is 13.2 Å². The average Bonchev–Trinajstić information content (AvgIpc) is 3.27. The van der Waals surface area contributed by atoms with Gasteiger partial charge in [0.05, 0.1) is 12.7 Å². The molecule has 1 saturated carbocycles. The average molecular weight is 377 g/mol. The molecule has 0 radical (unpaired) electrons. The number of carboxylic acid groups (broad SMARTS) is 1. The number of carboxylic acids is 1. The molecule has 0 saturated heterocycles. The second kappa shape index (κ2) is 7.59. The molecule has 0 bridgehead atoms. The molecule has 1 aromatic carbocycles. The lowest BCUT2D eigenvalue weighted by molar-refractivity contribution is -0.136. The Morgan fingerprint density at radius 2 is 1.85 bits per heavy atom. The molecular formula is C18H23N3O4S. The maximum absolute atomic E-state index is 12.3. The lowest BCUT2D eigenvalue weighted by atomic mass is 9.80. The number of rotatable bonds is 8. The molecule has 0 unspecified atom stereocenters. The zero-order valence-electron chi connectivity index (χ0n) is 14.4. The van der Waals surface area contributed by atoms with Crippen LogP contribution in [0.5, 0.6) is 0 Å². The number of aromatic nitrogens is 2. The number of sulfonamides is 1. The molecule has 0 spiro atoms. The summed E-state index contributed by atoms with van der Waals surface area (Å²) in [5.74, 6) is -0.849. The van der Waals surface area contributed by atoms with E-state index in [-0.39, 0.29) is 16.9 Å². The summed E-state index contributed by atoms with van der Waals surface area (Å²) in [5, 5.41) is 8.86. The number of carbonyl (C=O) groups is 1. The van der Waals surface area contributed by atoms with Crippen LogP contribution in [0.25, 0.3) is 0 Å². The third-order valence-corrected chi connectivity index (χ3v) is 6.31. The van der Waals surface area contributed by atoms with E-state index >= 15 is 0 Å². The highest BCUT2D eigenvalue weighted by Crippen LogP contribution is 2.40. The Hall–Kier alpha value is -2.19. The number of nitrogens with one attached hydrogen (secondary N) is 2. The summed E-state index contributed by atoms with van der Waals surface area (Å²) in [6, 6.07) is 7.56. The Morgan fingerprint density at radius 1 is 1.19 bits per heavy atom. The number of hydrogen-bond acceptors (Lipinski definition) is 4. The molecule has 1 aromatic heterocycles. The quantitative estimate of drug-likeness (QED) is 0.652. The summed E-state index contributed by atoms with van der Waals surface area (Å²) in [6.45, 7) is 0.374. The second-order valence-corrected chi connectivity index (χ2v) is 8.72. The fraction of sp³-hybridized carbons (Fsp3) is 0.444. The highest BCUT2D eigenvalue weighted by molar-refractivity contribution is 7.89. The van der Waals surface area contributed by atoms with E-state index in [1.165, 1.54) is 12.5 Å². The van der Waals surface area contributed by atoms with Crippen molar-refractivity contribution in [3.8, 4) is 0 Å². The number of nitrogens with zero attached hydrogens (tertiary/aromatic N) is 1. The van der Waals surface area contributed by atoms with Crippen LogP contribution in [-0.4, -0.2) is 36.0 Å². The van der Waals surface area contributed by atoms with Crippen molar-refractivity contribution in [2.24, 2.45) is 5.41 Å². The molecule has 1 fully saturated rings. The van der Waals surface area contributed by atoms with Crippen molar-refractivity contribution in [1.82, 2.24) is 14.7 Å². The van der Waals surface area contributed by atoms with E-state index < -0.39 is 16.0 Å². The topological polar surface area (TPSA) is 112 Å². The molecule has 1 aliphatic rings. The summed E-state index contributed by atoms with van der Waals surface area (Å²) in [4.78, 5) is 17.3. The Bertz CT molecular complexity index is 839. The van der Waals surface area contributed by atoms with Gasteiger partial charge in [-0.1, -0.05) is 37.1 Å². The van der Waals surface area contributed by atoms with Gasteiger partial charge in [-0.3, -0.25) is 4.79 Å². The number of benzene rings is 1. The minimum absolute atomic E-state index is 0.00340. The molecule has 3 rings (SSSR count). The Labute approximate surface area is 152 Å². The Kier molecular flexibility index (Phi) is 5.43. The van der Waals surface area contributed by atoms with E-state index in [0.29, 0.717) is 6.54 Å². The molecule has 0 aliphatic heterocycles. The highest BCUT2D eigenvalue weighted by Gasteiger charge is 2.35. The Balaban J connectivity index is 1.69. The van der Waals surface area contributed by atoms with Gasteiger partial charge < -0.3 is 10.1 Å². The fourth-order valence-corrected chi connectivity index (χ4v) is 4.70. The van der Waals surface area contributed by atoms with Gasteiger partial charge in [0.15, 0.2) is 5.03 Å². The van der Waals surface area contributed by atoms with Crippen LogP contribution in [0.2, 0.25) is 0 Å². The number of aromatic amines is 1. The van der Waals surface area contributed by atoms with Crippen molar-refractivity contribution in [1.29, 1.82) is 0 Å². The molecule has 26 heavy (non-hydrogen) atoms. The van der Waals surface area contributed by atoms with Gasteiger partial charge in [0.2, 0.25) is 0 Å². The molecule has 7 nitrogen and oxygen atoms in total. The van der Waals surface area contributed by atoms with Crippen LogP contribution in [0.1, 0.15) is 36.8 Å². The van der Waals surface area contributed by atoms with Crippen molar-refractivity contribution in [2.45, 2.75) is 43.6 Å². The first kappa shape index (κ1) is 18.6. The van der Waals surface area contributed by atoms with Gasteiger partial charge in [0.25, 0.3) is 10.0 Å². The van der Waals surface area contributed by atoms with Crippen LogP contribution in [0.15, 0.2) is 41.8 Å². The van der Waals surface area contributed by atoms with Crippen LogP contribution >= 0.6 is 0 Å². The van der Waals surface area contributed by atoms with Crippen molar-refractivity contribution < 1.29 is 18.3 Å². The normalized spacial score (nSPS) is 16.6. The first-order valence-corrected chi connectivity index (χ1v) is 10.2. The molecule has 2 aromatic rings. The largest absolute Gasteiger partial charge is 0.481 e. The van der Waals surface area contributed by atoms with Crippen molar-refractivity contribution in [3.05, 3.63) is 47.9 Å². The SMILES string of the molecule is O=C(O)Cc1ccc(CC2(CNS(=O)(=O)c3c[nH]cn3)CCCC2)cc1. The lowest BCUT2D eigenvalue weighted by Crippen LogP contribution is -2.37. The molecule has 140 valence electrons. The molecule has 8 heteroatoms. The molecule has 0 atom stereocenters. The third-order valence-electron chi connectivity index (χ3n) is 5.01. The summed E-state index contributed by atoms with van der Waals surface area (Å²) in [7, 11) is -3.61. The molecule has 0 amide bonds. The van der Waals surface area contributed by atoms with Crippen LogP contribution in [0.4, 0.5) is 0 Å². The lowest BCUT2D eigenvalue weighted by Gasteiger charge is -2.29.